The molecule has 2 rings (SSSR count). The van der Waals surface area contributed by atoms with Gasteiger partial charge in [0.15, 0.2) is 0 Å². The minimum Gasteiger partial charge on any atom is -0.480 e. The first-order valence-corrected chi connectivity index (χ1v) is 8.50. The van der Waals surface area contributed by atoms with Gasteiger partial charge in [0.1, 0.15) is 6.04 Å². The molecule has 0 spiro atoms. The summed E-state index contributed by atoms with van der Waals surface area (Å²) in [5.74, 6) is -1.14. The number of carboxylic acids is 1. The van der Waals surface area contributed by atoms with E-state index in [2.05, 4.69) is 15.0 Å². The average Bonchev–Trinajstić information content (AvgIpc) is 3.00. The topological polar surface area (TPSA) is 114 Å². The summed E-state index contributed by atoms with van der Waals surface area (Å²) in [4.78, 5) is 11.2. The highest BCUT2D eigenvalue weighted by molar-refractivity contribution is 7.89. The molecule has 0 aliphatic carbocycles. The Kier molecular flexibility index (Phi) is 5.12. The van der Waals surface area contributed by atoms with Gasteiger partial charge in [0, 0.05) is 0 Å². The third kappa shape index (κ3) is 4.36. The van der Waals surface area contributed by atoms with E-state index >= 15 is 0 Å². The lowest BCUT2D eigenvalue weighted by Gasteiger charge is -2.16. The molecule has 0 saturated heterocycles. The van der Waals surface area contributed by atoms with Crippen LogP contribution in [-0.4, -0.2) is 40.5 Å². The number of carboxylic acid groups (broad SMARTS) is 1. The molecular formula is C14H18N4O4S. The number of nitrogens with one attached hydrogen (secondary N) is 1. The molecule has 1 heterocycles. The molecular weight excluding hydrogens is 320 g/mol. The molecule has 1 aromatic carbocycles. The van der Waals surface area contributed by atoms with Crippen molar-refractivity contribution in [2.45, 2.75) is 31.2 Å². The van der Waals surface area contributed by atoms with Gasteiger partial charge in [-0.1, -0.05) is 19.1 Å². The molecule has 0 unspecified atom stereocenters. The van der Waals surface area contributed by atoms with E-state index in [0.29, 0.717) is 5.69 Å². The summed E-state index contributed by atoms with van der Waals surface area (Å²) in [6.45, 7) is 3.66. The zero-order chi connectivity index (χ0) is 17.0. The van der Waals surface area contributed by atoms with Gasteiger partial charge < -0.3 is 5.11 Å². The number of benzene rings is 1. The largest absolute Gasteiger partial charge is 0.480 e. The molecule has 0 saturated carbocycles. The van der Waals surface area contributed by atoms with Crippen LogP contribution in [0.15, 0.2) is 41.6 Å². The molecule has 124 valence electrons. The summed E-state index contributed by atoms with van der Waals surface area (Å²) in [6.07, 6.45) is 3.35. The number of hydrogen-bond acceptors (Lipinski definition) is 5. The summed E-state index contributed by atoms with van der Waals surface area (Å²) >= 11 is 0. The number of nitrogens with zero attached hydrogens (tertiary/aromatic N) is 3. The zero-order valence-electron chi connectivity index (χ0n) is 12.7. The monoisotopic (exact) mass is 338 g/mol. The van der Waals surface area contributed by atoms with Crippen LogP contribution in [-0.2, 0) is 14.8 Å². The van der Waals surface area contributed by atoms with E-state index in [1.165, 1.54) is 23.0 Å². The van der Waals surface area contributed by atoms with Crippen LogP contribution in [0.5, 0.6) is 0 Å². The maximum atomic E-state index is 12.3. The maximum Gasteiger partial charge on any atom is 0.321 e. The van der Waals surface area contributed by atoms with E-state index in [1.54, 1.807) is 18.3 Å². The highest BCUT2D eigenvalue weighted by atomic mass is 32.2. The average molecular weight is 338 g/mol. The fraction of sp³-hybridized carbons (Fsp3) is 0.357. The van der Waals surface area contributed by atoms with Crippen molar-refractivity contribution in [1.29, 1.82) is 0 Å². The van der Waals surface area contributed by atoms with Crippen molar-refractivity contribution in [3.8, 4) is 5.69 Å². The van der Waals surface area contributed by atoms with Crippen LogP contribution in [0.4, 0.5) is 0 Å². The first-order valence-electron chi connectivity index (χ1n) is 7.01. The van der Waals surface area contributed by atoms with Crippen molar-refractivity contribution < 1.29 is 18.3 Å². The van der Waals surface area contributed by atoms with E-state index in [9.17, 15) is 13.2 Å². The minimum absolute atomic E-state index is 0.00336. The SMILES string of the molecule is CC(C)C[C@H](NS(=O)(=O)c1ccc(-n2ccnn2)cc1)C(=O)O. The Morgan fingerprint density at radius 1 is 1.30 bits per heavy atom. The lowest BCUT2D eigenvalue weighted by Crippen LogP contribution is -2.41. The van der Waals surface area contributed by atoms with Gasteiger partial charge in [-0.2, -0.15) is 4.72 Å². The summed E-state index contributed by atoms with van der Waals surface area (Å²) in [5, 5.41) is 16.6. The molecule has 0 fully saturated rings. The summed E-state index contributed by atoms with van der Waals surface area (Å²) < 4.78 is 28.4. The van der Waals surface area contributed by atoms with Gasteiger partial charge in [0.05, 0.1) is 23.0 Å². The Balaban J connectivity index is 2.20. The molecule has 2 N–H and O–H groups in total. The van der Waals surface area contributed by atoms with Crippen molar-refractivity contribution in [3.63, 3.8) is 0 Å². The Bertz CT molecular complexity index is 755. The molecule has 8 nitrogen and oxygen atoms in total. The van der Waals surface area contributed by atoms with Crippen molar-refractivity contribution in [2.24, 2.45) is 5.92 Å². The smallest absolute Gasteiger partial charge is 0.321 e. The predicted molar refractivity (Wildman–Crippen MR) is 82.6 cm³/mol. The third-order valence-corrected chi connectivity index (χ3v) is 4.62. The van der Waals surface area contributed by atoms with E-state index in [-0.39, 0.29) is 17.2 Å². The van der Waals surface area contributed by atoms with Gasteiger partial charge in [0.25, 0.3) is 0 Å². The number of hydrogen-bond donors (Lipinski definition) is 2. The van der Waals surface area contributed by atoms with Gasteiger partial charge in [-0.15, -0.1) is 5.10 Å². The van der Waals surface area contributed by atoms with Crippen LogP contribution in [0.2, 0.25) is 0 Å². The van der Waals surface area contributed by atoms with Crippen LogP contribution in [0, 0.1) is 5.92 Å². The highest BCUT2D eigenvalue weighted by Gasteiger charge is 2.26. The van der Waals surface area contributed by atoms with Gasteiger partial charge in [-0.25, -0.2) is 13.1 Å². The van der Waals surface area contributed by atoms with Crippen LogP contribution in [0.3, 0.4) is 0 Å². The number of carbonyl (C=O) groups is 1. The van der Waals surface area contributed by atoms with Gasteiger partial charge in [-0.3, -0.25) is 4.79 Å². The second-order valence-corrected chi connectivity index (χ2v) is 7.20. The first-order chi connectivity index (χ1) is 10.8. The number of sulfonamides is 1. The van der Waals surface area contributed by atoms with Gasteiger partial charge in [0.2, 0.25) is 10.0 Å². The molecule has 0 amide bonds. The van der Waals surface area contributed by atoms with E-state index in [1.807, 2.05) is 13.8 Å². The number of aliphatic carboxylic acids is 1. The van der Waals surface area contributed by atoms with Crippen LogP contribution in [0.25, 0.3) is 5.69 Å². The quantitative estimate of drug-likeness (QED) is 0.780. The minimum atomic E-state index is -3.91. The molecule has 0 aliphatic rings. The summed E-state index contributed by atoms with van der Waals surface area (Å²) in [5.41, 5.74) is 0.651. The lowest BCUT2D eigenvalue weighted by molar-refractivity contribution is -0.139. The predicted octanol–water partition coefficient (Wildman–Crippen LogP) is 1.04. The Morgan fingerprint density at radius 3 is 2.43 bits per heavy atom. The molecule has 1 atom stereocenters. The molecule has 9 heteroatoms. The van der Waals surface area contributed by atoms with Crippen molar-refractivity contribution in [2.75, 3.05) is 0 Å². The second-order valence-electron chi connectivity index (χ2n) is 5.48. The lowest BCUT2D eigenvalue weighted by atomic mass is 10.1. The Morgan fingerprint density at radius 2 is 1.96 bits per heavy atom. The first kappa shape index (κ1) is 17.1. The van der Waals surface area contributed by atoms with Crippen LogP contribution < -0.4 is 4.72 Å². The molecule has 0 radical (unpaired) electrons. The molecule has 23 heavy (non-hydrogen) atoms. The van der Waals surface area contributed by atoms with Crippen molar-refractivity contribution in [3.05, 3.63) is 36.7 Å². The zero-order valence-corrected chi connectivity index (χ0v) is 13.6. The van der Waals surface area contributed by atoms with Gasteiger partial charge in [-0.05, 0) is 36.6 Å². The summed E-state index contributed by atoms with van der Waals surface area (Å²) in [6, 6.07) is 4.78. The number of aromatic nitrogens is 3. The van der Waals surface area contributed by atoms with Gasteiger partial charge >= 0.3 is 5.97 Å². The maximum absolute atomic E-state index is 12.3. The number of rotatable bonds is 7. The Hall–Kier alpha value is -2.26. The molecule has 0 aliphatic heterocycles. The molecule has 1 aromatic heterocycles. The molecule has 2 aromatic rings. The normalized spacial score (nSPS) is 13.2. The van der Waals surface area contributed by atoms with Crippen molar-refractivity contribution in [1.82, 2.24) is 19.7 Å². The standard InChI is InChI=1S/C14H18N4O4S/c1-10(2)9-13(14(19)20)16-23(21,22)12-5-3-11(4-6-12)18-8-7-15-17-18/h3-8,10,13,16H,9H2,1-2H3,(H,19,20)/t13-/m0/s1. The van der Waals surface area contributed by atoms with E-state index in [4.69, 9.17) is 5.11 Å². The summed E-state index contributed by atoms with van der Waals surface area (Å²) in [7, 11) is -3.91. The van der Waals surface area contributed by atoms with E-state index < -0.39 is 22.0 Å². The van der Waals surface area contributed by atoms with Crippen LogP contribution >= 0.6 is 0 Å². The van der Waals surface area contributed by atoms with Crippen LogP contribution in [0.1, 0.15) is 20.3 Å². The fourth-order valence-electron chi connectivity index (χ4n) is 2.05. The van der Waals surface area contributed by atoms with E-state index in [0.717, 1.165) is 0 Å². The third-order valence-electron chi connectivity index (χ3n) is 3.14. The van der Waals surface area contributed by atoms with Crippen molar-refractivity contribution >= 4 is 16.0 Å². The second kappa shape index (κ2) is 6.88. The highest BCUT2D eigenvalue weighted by Crippen LogP contribution is 2.15. The fourth-order valence-corrected chi connectivity index (χ4v) is 3.25. The molecule has 0 bridgehead atoms. The Labute approximate surface area is 134 Å².